The molecule has 0 aromatic rings. The van der Waals surface area contributed by atoms with Gasteiger partial charge in [0.15, 0.2) is 0 Å². The summed E-state index contributed by atoms with van der Waals surface area (Å²) in [6.45, 7) is 4.77. The maximum absolute atomic E-state index is 10.6. The molecule has 6 nitrogen and oxygen atoms in total. The van der Waals surface area contributed by atoms with Gasteiger partial charge >= 0.3 is 0 Å². The zero-order chi connectivity index (χ0) is 11.8. The molecule has 0 saturated heterocycles. The van der Waals surface area contributed by atoms with Crippen LogP contribution in [0, 0.1) is 0 Å². The van der Waals surface area contributed by atoms with Gasteiger partial charge in [0, 0.05) is 0 Å². The SMILES string of the molecule is C=CC(N)=O.CCC(N)S(=O)(=O)OC. The molecule has 0 heterocycles. The van der Waals surface area contributed by atoms with E-state index in [0.717, 1.165) is 13.2 Å². The van der Waals surface area contributed by atoms with Crippen LogP contribution in [0.2, 0.25) is 0 Å². The van der Waals surface area contributed by atoms with Crippen LogP contribution in [0.5, 0.6) is 0 Å². The maximum atomic E-state index is 10.6. The topological polar surface area (TPSA) is 112 Å². The summed E-state index contributed by atoms with van der Waals surface area (Å²) in [4.78, 5) is 9.47. The van der Waals surface area contributed by atoms with Crippen LogP contribution in [0.1, 0.15) is 13.3 Å². The molecule has 14 heavy (non-hydrogen) atoms. The van der Waals surface area contributed by atoms with Crippen LogP contribution >= 0.6 is 0 Å². The minimum atomic E-state index is -3.47. The molecular formula is C7H16N2O4S. The predicted molar refractivity (Wildman–Crippen MR) is 53.6 cm³/mol. The molecule has 84 valence electrons. The van der Waals surface area contributed by atoms with Crippen molar-refractivity contribution in [1.82, 2.24) is 0 Å². The van der Waals surface area contributed by atoms with Gasteiger partial charge in [0.05, 0.1) is 7.11 Å². The molecule has 1 atom stereocenters. The van der Waals surface area contributed by atoms with Gasteiger partial charge in [0.25, 0.3) is 10.1 Å². The number of amides is 1. The van der Waals surface area contributed by atoms with E-state index >= 15 is 0 Å². The molecule has 0 radical (unpaired) electrons. The Hall–Kier alpha value is -0.920. The van der Waals surface area contributed by atoms with E-state index in [0.29, 0.717) is 6.42 Å². The van der Waals surface area contributed by atoms with Crippen molar-refractivity contribution in [3.8, 4) is 0 Å². The number of nitrogens with two attached hydrogens (primary N) is 2. The first-order chi connectivity index (χ1) is 6.31. The molecule has 0 saturated carbocycles. The average molecular weight is 224 g/mol. The summed E-state index contributed by atoms with van der Waals surface area (Å²) in [5, 5.41) is -0.887. The molecule has 0 fully saturated rings. The summed E-state index contributed by atoms with van der Waals surface area (Å²) in [6.07, 6.45) is 1.43. The van der Waals surface area contributed by atoms with Crippen molar-refractivity contribution in [1.29, 1.82) is 0 Å². The van der Waals surface area contributed by atoms with Crippen molar-refractivity contribution in [3.63, 3.8) is 0 Å². The molecule has 1 amide bonds. The van der Waals surface area contributed by atoms with Crippen molar-refractivity contribution >= 4 is 16.0 Å². The van der Waals surface area contributed by atoms with E-state index in [2.05, 4.69) is 16.5 Å². The summed E-state index contributed by atoms with van der Waals surface area (Å²) < 4.78 is 25.3. The molecular weight excluding hydrogens is 208 g/mol. The monoisotopic (exact) mass is 224 g/mol. The molecule has 7 heteroatoms. The van der Waals surface area contributed by atoms with E-state index in [1.165, 1.54) is 0 Å². The fourth-order valence-corrected chi connectivity index (χ4v) is 0.983. The van der Waals surface area contributed by atoms with Gasteiger partial charge in [-0.2, -0.15) is 8.42 Å². The fourth-order valence-electron chi connectivity index (χ4n) is 0.328. The summed E-state index contributed by atoms with van der Waals surface area (Å²) in [7, 11) is -2.37. The summed E-state index contributed by atoms with van der Waals surface area (Å²) in [5.74, 6) is -0.481. The highest BCUT2D eigenvalue weighted by atomic mass is 32.2. The molecule has 0 spiro atoms. The Morgan fingerprint density at radius 3 is 2.07 bits per heavy atom. The molecule has 0 aliphatic carbocycles. The van der Waals surface area contributed by atoms with Crippen LogP contribution in [0.25, 0.3) is 0 Å². The van der Waals surface area contributed by atoms with Gasteiger partial charge in [0.1, 0.15) is 5.37 Å². The summed E-state index contributed by atoms with van der Waals surface area (Å²) >= 11 is 0. The molecule has 0 bridgehead atoms. The highest BCUT2D eigenvalue weighted by molar-refractivity contribution is 7.87. The molecule has 0 aliphatic heterocycles. The van der Waals surface area contributed by atoms with Crippen LogP contribution < -0.4 is 11.5 Å². The quantitative estimate of drug-likeness (QED) is 0.485. The van der Waals surface area contributed by atoms with Gasteiger partial charge in [-0.1, -0.05) is 13.5 Å². The fraction of sp³-hybridized carbons (Fsp3) is 0.571. The lowest BCUT2D eigenvalue weighted by molar-refractivity contribution is -0.113. The van der Waals surface area contributed by atoms with Crippen LogP contribution in [-0.2, 0) is 19.1 Å². The normalized spacial score (nSPS) is 12.2. The molecule has 4 N–H and O–H groups in total. The van der Waals surface area contributed by atoms with Crippen molar-refractivity contribution in [2.24, 2.45) is 11.5 Å². The standard InChI is InChI=1S/C4H11NO3S.C3H5NO/c1-3-4(5)9(6,7)8-2;1-2-3(4)5/h4H,3,5H2,1-2H3;2H,1H2,(H2,4,5). The van der Waals surface area contributed by atoms with Crippen molar-refractivity contribution in [2.45, 2.75) is 18.7 Å². The zero-order valence-electron chi connectivity index (χ0n) is 8.26. The van der Waals surface area contributed by atoms with E-state index < -0.39 is 21.4 Å². The first-order valence-electron chi connectivity index (χ1n) is 3.78. The van der Waals surface area contributed by atoms with E-state index in [1.54, 1.807) is 6.92 Å². The first-order valence-corrected chi connectivity index (χ1v) is 5.25. The minimum absolute atomic E-state index is 0.371. The third-order valence-electron chi connectivity index (χ3n) is 1.21. The first kappa shape index (κ1) is 15.5. The van der Waals surface area contributed by atoms with Gasteiger partial charge in [-0.3, -0.25) is 8.98 Å². The molecule has 0 aromatic carbocycles. The predicted octanol–water partition coefficient (Wildman–Crippen LogP) is -0.685. The number of primary amides is 1. The lowest BCUT2D eigenvalue weighted by Gasteiger charge is -2.06. The van der Waals surface area contributed by atoms with Crippen LogP contribution in [0.4, 0.5) is 0 Å². The van der Waals surface area contributed by atoms with Gasteiger partial charge in [-0.25, -0.2) is 0 Å². The van der Waals surface area contributed by atoms with Gasteiger partial charge in [-0.05, 0) is 12.5 Å². The smallest absolute Gasteiger partial charge is 0.283 e. The zero-order valence-corrected chi connectivity index (χ0v) is 9.08. The highest BCUT2D eigenvalue weighted by Crippen LogP contribution is 1.99. The molecule has 0 aromatic heterocycles. The van der Waals surface area contributed by atoms with E-state index in [4.69, 9.17) is 5.73 Å². The molecule has 0 aliphatic rings. The number of hydrogen-bond acceptors (Lipinski definition) is 5. The second kappa shape index (κ2) is 7.48. The molecule has 1 unspecified atom stereocenters. The second-order valence-electron chi connectivity index (χ2n) is 2.21. The summed E-state index contributed by atoms with van der Waals surface area (Å²) in [5.41, 5.74) is 9.68. The summed E-state index contributed by atoms with van der Waals surface area (Å²) in [6, 6.07) is 0. The Labute approximate surface area is 84.0 Å². The number of rotatable bonds is 4. The third kappa shape index (κ3) is 7.71. The van der Waals surface area contributed by atoms with Gasteiger partial charge in [0.2, 0.25) is 5.91 Å². The third-order valence-corrected chi connectivity index (χ3v) is 2.75. The van der Waals surface area contributed by atoms with E-state index in [1.807, 2.05) is 0 Å². The number of carbonyl (C=O) groups is 1. The Morgan fingerprint density at radius 2 is 2.00 bits per heavy atom. The Balaban J connectivity index is 0. The van der Waals surface area contributed by atoms with Gasteiger partial charge in [-0.15, -0.1) is 0 Å². The Morgan fingerprint density at radius 1 is 1.64 bits per heavy atom. The second-order valence-corrected chi connectivity index (χ2v) is 4.14. The number of carbonyl (C=O) groups excluding carboxylic acids is 1. The molecule has 0 rings (SSSR count). The van der Waals surface area contributed by atoms with Crippen molar-refractivity contribution < 1.29 is 17.4 Å². The minimum Gasteiger partial charge on any atom is -0.366 e. The highest BCUT2D eigenvalue weighted by Gasteiger charge is 2.17. The van der Waals surface area contributed by atoms with Crippen molar-refractivity contribution in [2.75, 3.05) is 7.11 Å². The average Bonchev–Trinajstić information content (AvgIpc) is 2.17. The van der Waals surface area contributed by atoms with Gasteiger partial charge < -0.3 is 11.5 Å². The Bertz CT molecular complexity index is 273. The van der Waals surface area contributed by atoms with Crippen LogP contribution in [0.15, 0.2) is 12.7 Å². The Kier molecular flexibility index (Phi) is 8.31. The van der Waals surface area contributed by atoms with Crippen LogP contribution in [0.3, 0.4) is 0 Å². The van der Waals surface area contributed by atoms with Crippen LogP contribution in [-0.4, -0.2) is 26.8 Å². The number of hydrogen-bond donors (Lipinski definition) is 2. The largest absolute Gasteiger partial charge is 0.366 e. The lowest BCUT2D eigenvalue weighted by Crippen LogP contribution is -2.30. The van der Waals surface area contributed by atoms with Crippen molar-refractivity contribution in [3.05, 3.63) is 12.7 Å². The lowest BCUT2D eigenvalue weighted by atomic mass is 10.5. The maximum Gasteiger partial charge on any atom is 0.283 e. The van der Waals surface area contributed by atoms with E-state index in [9.17, 15) is 13.2 Å². The van der Waals surface area contributed by atoms with E-state index in [-0.39, 0.29) is 0 Å².